The number of hydrogen-bond donors (Lipinski definition) is 1. The molecule has 3 rings (SSSR count). The SMILES string of the molecule is CCCNC(=O)[C@H](C)N(Cc1cccc(C)c1)C(=O)CN(c1ccccc1CC)S(=O)(=O)c1ccccc1. The molecule has 0 aromatic heterocycles. The van der Waals surface area contributed by atoms with E-state index in [1.807, 2.05) is 57.2 Å². The summed E-state index contributed by atoms with van der Waals surface area (Å²) < 4.78 is 28.9. The molecule has 0 spiro atoms. The number of nitrogens with one attached hydrogen (secondary N) is 1. The van der Waals surface area contributed by atoms with E-state index in [-0.39, 0.29) is 17.3 Å². The zero-order valence-electron chi connectivity index (χ0n) is 22.6. The Morgan fingerprint density at radius 3 is 2.26 bits per heavy atom. The number of aryl methyl sites for hydroxylation is 2. The molecule has 0 bridgehead atoms. The molecule has 38 heavy (non-hydrogen) atoms. The summed E-state index contributed by atoms with van der Waals surface area (Å²) in [7, 11) is -4.07. The molecular formula is C30H37N3O4S. The molecule has 1 atom stereocenters. The van der Waals surface area contributed by atoms with Gasteiger partial charge in [0.25, 0.3) is 10.0 Å². The Hall–Kier alpha value is -3.65. The summed E-state index contributed by atoms with van der Waals surface area (Å²) in [5, 5.41) is 2.86. The van der Waals surface area contributed by atoms with Crippen LogP contribution in [0.1, 0.15) is 43.9 Å². The Morgan fingerprint density at radius 1 is 0.921 bits per heavy atom. The Morgan fingerprint density at radius 2 is 1.61 bits per heavy atom. The number of rotatable bonds is 12. The van der Waals surface area contributed by atoms with Crippen molar-refractivity contribution in [2.75, 3.05) is 17.4 Å². The van der Waals surface area contributed by atoms with Crippen LogP contribution in [0.3, 0.4) is 0 Å². The maximum Gasteiger partial charge on any atom is 0.264 e. The fraction of sp³-hybridized carbons (Fsp3) is 0.333. The summed E-state index contributed by atoms with van der Waals surface area (Å²) in [5.74, 6) is -0.740. The van der Waals surface area contributed by atoms with Crippen LogP contribution < -0.4 is 9.62 Å². The molecule has 0 unspecified atom stereocenters. The van der Waals surface area contributed by atoms with Crippen LogP contribution in [-0.4, -0.2) is 44.3 Å². The van der Waals surface area contributed by atoms with Crippen molar-refractivity contribution in [1.29, 1.82) is 0 Å². The van der Waals surface area contributed by atoms with Crippen molar-refractivity contribution in [2.24, 2.45) is 0 Å². The Labute approximate surface area is 226 Å². The minimum atomic E-state index is -4.07. The standard InChI is InChI=1S/C30H37N3O4S/c1-5-19-31-30(35)24(4)32(21-25-14-12-13-23(3)20-25)29(34)22-33(28-18-11-10-15-26(28)6-2)38(36,37)27-16-8-7-9-17-27/h7-18,20,24H,5-6,19,21-22H2,1-4H3,(H,31,35)/t24-/m0/s1. The average molecular weight is 536 g/mol. The number of sulfonamides is 1. The fourth-order valence-electron chi connectivity index (χ4n) is 4.27. The van der Waals surface area contributed by atoms with Crippen LogP contribution in [0.2, 0.25) is 0 Å². The van der Waals surface area contributed by atoms with Gasteiger partial charge in [-0.25, -0.2) is 8.42 Å². The number of hydrogen-bond acceptors (Lipinski definition) is 4. The molecule has 0 aliphatic carbocycles. The van der Waals surface area contributed by atoms with Gasteiger partial charge in [0.1, 0.15) is 12.6 Å². The van der Waals surface area contributed by atoms with Gasteiger partial charge in [0.2, 0.25) is 11.8 Å². The van der Waals surface area contributed by atoms with Gasteiger partial charge >= 0.3 is 0 Å². The molecule has 0 saturated carbocycles. The van der Waals surface area contributed by atoms with Crippen LogP contribution >= 0.6 is 0 Å². The van der Waals surface area contributed by atoms with Crippen LogP contribution in [0, 0.1) is 6.92 Å². The number of benzene rings is 3. The van der Waals surface area contributed by atoms with E-state index in [1.54, 1.807) is 37.3 Å². The van der Waals surface area contributed by atoms with E-state index in [9.17, 15) is 18.0 Å². The second kappa shape index (κ2) is 13.2. The molecule has 0 saturated heterocycles. The van der Waals surface area contributed by atoms with Gasteiger partial charge in [-0.3, -0.25) is 13.9 Å². The second-order valence-corrected chi connectivity index (χ2v) is 11.1. The largest absolute Gasteiger partial charge is 0.354 e. The van der Waals surface area contributed by atoms with E-state index in [2.05, 4.69) is 5.32 Å². The summed E-state index contributed by atoms with van der Waals surface area (Å²) in [4.78, 5) is 28.5. The number of anilines is 1. The van der Waals surface area contributed by atoms with Gasteiger partial charge < -0.3 is 10.2 Å². The van der Waals surface area contributed by atoms with Crippen LogP contribution in [-0.2, 0) is 32.6 Å². The number of amides is 2. The third kappa shape index (κ3) is 7.01. The summed E-state index contributed by atoms with van der Waals surface area (Å²) >= 11 is 0. The zero-order chi connectivity index (χ0) is 27.7. The minimum absolute atomic E-state index is 0.0951. The normalized spacial score (nSPS) is 12.0. The molecule has 0 aliphatic rings. The average Bonchev–Trinajstić information content (AvgIpc) is 2.93. The first kappa shape index (κ1) is 28.9. The predicted octanol–water partition coefficient (Wildman–Crippen LogP) is 4.70. The molecule has 202 valence electrons. The Balaban J connectivity index is 2.04. The molecule has 3 aromatic carbocycles. The Kier molecular flexibility index (Phi) is 10.1. The monoisotopic (exact) mass is 535 g/mol. The molecule has 0 aliphatic heterocycles. The lowest BCUT2D eigenvalue weighted by molar-refractivity contribution is -0.139. The van der Waals surface area contributed by atoms with Crippen molar-refractivity contribution in [3.8, 4) is 0 Å². The van der Waals surface area contributed by atoms with Gasteiger partial charge in [-0.15, -0.1) is 0 Å². The summed E-state index contributed by atoms with van der Waals surface area (Å²) in [5.41, 5.74) is 3.15. The highest BCUT2D eigenvalue weighted by Gasteiger charge is 2.33. The highest BCUT2D eigenvalue weighted by atomic mass is 32.2. The molecule has 0 radical (unpaired) electrons. The number of para-hydroxylation sites is 1. The highest BCUT2D eigenvalue weighted by molar-refractivity contribution is 7.92. The third-order valence-electron chi connectivity index (χ3n) is 6.40. The van der Waals surface area contributed by atoms with Crippen molar-refractivity contribution in [3.63, 3.8) is 0 Å². The van der Waals surface area contributed by atoms with Crippen LogP contribution in [0.25, 0.3) is 0 Å². The molecule has 3 aromatic rings. The molecule has 8 heteroatoms. The van der Waals surface area contributed by atoms with Gasteiger partial charge in [-0.2, -0.15) is 0 Å². The van der Waals surface area contributed by atoms with Crippen molar-refractivity contribution >= 4 is 27.5 Å². The molecular weight excluding hydrogens is 498 g/mol. The maximum absolute atomic E-state index is 14.0. The van der Waals surface area contributed by atoms with Crippen molar-refractivity contribution in [3.05, 3.63) is 95.6 Å². The van der Waals surface area contributed by atoms with Crippen molar-refractivity contribution < 1.29 is 18.0 Å². The van der Waals surface area contributed by atoms with Crippen molar-refractivity contribution in [1.82, 2.24) is 10.2 Å². The van der Waals surface area contributed by atoms with Crippen LogP contribution in [0.5, 0.6) is 0 Å². The fourth-order valence-corrected chi connectivity index (χ4v) is 5.74. The number of carbonyl (C=O) groups is 2. The van der Waals surface area contributed by atoms with Gasteiger partial charge in [-0.1, -0.05) is 80.1 Å². The molecule has 2 amide bonds. The number of nitrogens with zero attached hydrogens (tertiary/aromatic N) is 2. The quantitative estimate of drug-likeness (QED) is 0.364. The molecule has 0 heterocycles. The first-order valence-corrected chi connectivity index (χ1v) is 14.4. The predicted molar refractivity (Wildman–Crippen MR) is 151 cm³/mol. The molecule has 1 N–H and O–H groups in total. The van der Waals surface area contributed by atoms with E-state index in [0.29, 0.717) is 18.7 Å². The van der Waals surface area contributed by atoms with Crippen LogP contribution in [0.15, 0.2) is 83.8 Å². The third-order valence-corrected chi connectivity index (χ3v) is 8.18. The van der Waals surface area contributed by atoms with E-state index in [4.69, 9.17) is 0 Å². The lowest BCUT2D eigenvalue weighted by Gasteiger charge is -2.32. The Bertz CT molecular complexity index is 1340. The zero-order valence-corrected chi connectivity index (χ0v) is 23.4. The van der Waals surface area contributed by atoms with E-state index < -0.39 is 28.5 Å². The van der Waals surface area contributed by atoms with Gasteiger partial charge in [0, 0.05) is 13.1 Å². The van der Waals surface area contributed by atoms with Crippen molar-refractivity contribution in [2.45, 2.75) is 58.0 Å². The summed E-state index contributed by atoms with van der Waals surface area (Å²) in [6.45, 7) is 7.77. The molecule has 7 nitrogen and oxygen atoms in total. The first-order chi connectivity index (χ1) is 18.2. The van der Waals surface area contributed by atoms with Crippen LogP contribution in [0.4, 0.5) is 5.69 Å². The van der Waals surface area contributed by atoms with E-state index >= 15 is 0 Å². The second-order valence-electron chi connectivity index (χ2n) is 9.28. The molecule has 0 fully saturated rings. The van der Waals surface area contributed by atoms with Gasteiger partial charge in [0.15, 0.2) is 0 Å². The highest BCUT2D eigenvalue weighted by Crippen LogP contribution is 2.28. The topological polar surface area (TPSA) is 86.8 Å². The van der Waals surface area contributed by atoms with Gasteiger partial charge in [0.05, 0.1) is 10.6 Å². The van der Waals surface area contributed by atoms with E-state index in [0.717, 1.165) is 23.1 Å². The van der Waals surface area contributed by atoms with E-state index in [1.165, 1.54) is 21.3 Å². The first-order valence-electron chi connectivity index (χ1n) is 13.0. The minimum Gasteiger partial charge on any atom is -0.354 e. The lowest BCUT2D eigenvalue weighted by Crippen LogP contribution is -2.51. The lowest BCUT2D eigenvalue weighted by atomic mass is 10.1. The maximum atomic E-state index is 14.0. The summed E-state index contributed by atoms with van der Waals surface area (Å²) in [6.07, 6.45) is 1.36. The smallest absolute Gasteiger partial charge is 0.264 e. The van der Waals surface area contributed by atoms with Gasteiger partial charge in [-0.05, 0) is 56.0 Å². The summed E-state index contributed by atoms with van der Waals surface area (Å²) in [6, 6.07) is 22.2. The number of carbonyl (C=O) groups excluding carboxylic acids is 2.